The van der Waals surface area contributed by atoms with Crippen molar-refractivity contribution in [3.63, 3.8) is 0 Å². The number of halogens is 2. The Balaban J connectivity index is 3.25. The molecule has 1 radical (unpaired) electrons. The fourth-order valence-electron chi connectivity index (χ4n) is 0.555. The van der Waals surface area contributed by atoms with E-state index in [9.17, 15) is 4.39 Å². The van der Waals surface area contributed by atoms with E-state index in [0.717, 1.165) is 0 Å². The van der Waals surface area contributed by atoms with E-state index >= 15 is 0 Å². The fraction of sp³-hybridized carbons (Fsp3) is 0.143. The lowest BCUT2D eigenvalue weighted by molar-refractivity contribution is 0.611. The zero-order valence-electron chi connectivity index (χ0n) is 4.91. The Morgan fingerprint density at radius 2 is 2.22 bits per heavy atom. The van der Waals surface area contributed by atoms with Crippen LogP contribution in [-0.4, -0.2) is 0 Å². The number of hydrogen-bond donors (Lipinski definition) is 0. The maximum atomic E-state index is 12.7. The first-order valence-corrected chi connectivity index (χ1v) is 3.33. The quantitative estimate of drug-likeness (QED) is 0.587. The van der Waals surface area contributed by atoms with Gasteiger partial charge >= 0.3 is 0 Å². The van der Waals surface area contributed by atoms with Gasteiger partial charge in [-0.3, -0.25) is 0 Å². The average molecular weight is 188 g/mol. The summed E-state index contributed by atoms with van der Waals surface area (Å²) < 4.78 is 13.1. The van der Waals surface area contributed by atoms with Gasteiger partial charge in [-0.25, -0.2) is 4.39 Å². The lowest BCUT2D eigenvalue weighted by atomic mass is 10.2. The average Bonchev–Trinajstić information content (AvgIpc) is 1.83. The minimum Gasteiger partial charge on any atom is -0.205 e. The van der Waals surface area contributed by atoms with E-state index in [1.165, 1.54) is 0 Å². The van der Waals surface area contributed by atoms with Crippen LogP contribution in [0, 0.1) is 18.8 Å². The highest BCUT2D eigenvalue weighted by Crippen LogP contribution is 2.16. The molecule has 0 nitrogen and oxygen atoms in total. The van der Waals surface area contributed by atoms with E-state index in [0.29, 0.717) is 10.0 Å². The summed E-state index contributed by atoms with van der Waals surface area (Å²) in [5.41, 5.74) is 0.615. The summed E-state index contributed by atoms with van der Waals surface area (Å²) >= 11 is 3.04. The summed E-state index contributed by atoms with van der Waals surface area (Å²) in [6.45, 7) is 1.70. The van der Waals surface area contributed by atoms with E-state index in [-0.39, 0.29) is 5.82 Å². The second-order valence-electron chi connectivity index (χ2n) is 1.80. The number of aryl methyl sites for hydroxylation is 1. The Morgan fingerprint density at radius 1 is 1.56 bits per heavy atom. The normalized spacial score (nSPS) is 9.67. The van der Waals surface area contributed by atoms with E-state index in [4.69, 9.17) is 0 Å². The van der Waals surface area contributed by atoms with Crippen molar-refractivity contribution in [3.8, 4) is 0 Å². The number of benzene rings is 1. The third-order valence-corrected chi connectivity index (χ3v) is 1.64. The summed E-state index contributed by atoms with van der Waals surface area (Å²) in [7, 11) is 0. The Hall–Kier alpha value is -0.370. The smallest absolute Gasteiger partial charge is 0.140 e. The molecule has 0 atom stereocenters. The summed E-state index contributed by atoms with van der Waals surface area (Å²) in [6.07, 6.45) is 0. The van der Waals surface area contributed by atoms with Crippen molar-refractivity contribution in [2.24, 2.45) is 0 Å². The van der Waals surface area contributed by atoms with Crippen LogP contribution in [-0.2, 0) is 0 Å². The first-order valence-electron chi connectivity index (χ1n) is 2.53. The molecule has 1 rings (SSSR count). The number of hydrogen-bond acceptors (Lipinski definition) is 0. The summed E-state index contributed by atoms with van der Waals surface area (Å²) in [5.74, 6) is -0.200. The minimum atomic E-state index is -0.200. The van der Waals surface area contributed by atoms with Gasteiger partial charge in [0.15, 0.2) is 0 Å². The van der Waals surface area contributed by atoms with Crippen molar-refractivity contribution in [3.05, 3.63) is 34.1 Å². The molecule has 0 aliphatic rings. The lowest BCUT2D eigenvalue weighted by Gasteiger charge is -1.94. The van der Waals surface area contributed by atoms with E-state index < -0.39 is 0 Å². The van der Waals surface area contributed by atoms with Crippen LogP contribution in [0.5, 0.6) is 0 Å². The molecule has 0 bridgehead atoms. The molecule has 2 heteroatoms. The molecular formula is C7H5BrF. The van der Waals surface area contributed by atoms with Gasteiger partial charge in [0.1, 0.15) is 5.82 Å². The topological polar surface area (TPSA) is 0 Å². The number of rotatable bonds is 0. The van der Waals surface area contributed by atoms with Crippen molar-refractivity contribution < 1.29 is 4.39 Å². The van der Waals surface area contributed by atoms with Crippen molar-refractivity contribution >= 4 is 15.9 Å². The highest BCUT2D eigenvalue weighted by atomic mass is 79.9. The first-order chi connectivity index (χ1) is 4.22. The van der Waals surface area contributed by atoms with Crippen LogP contribution in [0.15, 0.2) is 16.6 Å². The van der Waals surface area contributed by atoms with Crippen molar-refractivity contribution in [2.75, 3.05) is 0 Å². The van der Waals surface area contributed by atoms with Crippen molar-refractivity contribution in [2.45, 2.75) is 6.92 Å². The Kier molecular flexibility index (Phi) is 1.86. The van der Waals surface area contributed by atoms with Gasteiger partial charge in [-0.15, -0.1) is 0 Å². The highest BCUT2D eigenvalue weighted by molar-refractivity contribution is 9.10. The molecule has 0 aliphatic carbocycles. The second kappa shape index (κ2) is 2.48. The van der Waals surface area contributed by atoms with Crippen molar-refractivity contribution in [1.29, 1.82) is 0 Å². The summed E-state index contributed by atoms with van der Waals surface area (Å²) in [4.78, 5) is 0. The van der Waals surface area contributed by atoms with Gasteiger partial charge in [0.25, 0.3) is 0 Å². The molecule has 9 heavy (non-hydrogen) atoms. The van der Waals surface area contributed by atoms with E-state index in [1.807, 2.05) is 0 Å². The Morgan fingerprint density at radius 3 is 2.67 bits per heavy atom. The monoisotopic (exact) mass is 187 g/mol. The molecular weight excluding hydrogens is 183 g/mol. The molecule has 0 saturated carbocycles. The molecule has 0 heterocycles. The second-order valence-corrected chi connectivity index (χ2v) is 2.65. The zero-order chi connectivity index (χ0) is 6.85. The van der Waals surface area contributed by atoms with Gasteiger partial charge in [0.05, 0.1) is 4.47 Å². The predicted molar refractivity (Wildman–Crippen MR) is 37.7 cm³/mol. The zero-order valence-corrected chi connectivity index (χ0v) is 6.50. The Labute approximate surface area is 61.8 Å². The summed E-state index contributed by atoms with van der Waals surface area (Å²) in [6, 6.07) is 5.95. The third kappa shape index (κ3) is 1.30. The molecule has 0 fully saturated rings. The van der Waals surface area contributed by atoms with Gasteiger partial charge < -0.3 is 0 Å². The molecule has 0 N–H and O–H groups in total. The van der Waals surface area contributed by atoms with Crippen LogP contribution < -0.4 is 0 Å². The maximum Gasteiger partial charge on any atom is 0.140 e. The maximum absolute atomic E-state index is 12.7. The van der Waals surface area contributed by atoms with Crippen LogP contribution in [0.3, 0.4) is 0 Å². The van der Waals surface area contributed by atoms with Crippen LogP contribution in [0.4, 0.5) is 4.39 Å². The lowest BCUT2D eigenvalue weighted by Crippen LogP contribution is -1.81. The molecule has 1 aromatic carbocycles. The Bertz CT molecular complexity index is 200. The molecule has 47 valence electrons. The van der Waals surface area contributed by atoms with E-state index in [1.54, 1.807) is 19.1 Å². The van der Waals surface area contributed by atoms with Crippen LogP contribution >= 0.6 is 15.9 Å². The van der Waals surface area contributed by atoms with Gasteiger partial charge in [-0.2, -0.15) is 0 Å². The standard InChI is InChI=1S/C7H5BrF/c1-5-3-2-4-6(8)7(5)9/h3-4H,1H3. The first kappa shape index (κ1) is 6.75. The van der Waals surface area contributed by atoms with Crippen molar-refractivity contribution in [1.82, 2.24) is 0 Å². The SMILES string of the molecule is Cc1c[c]cc(Br)c1F. The molecule has 0 spiro atoms. The van der Waals surface area contributed by atoms with Crippen LogP contribution in [0.1, 0.15) is 5.56 Å². The molecule has 1 aromatic rings. The molecule has 0 aliphatic heterocycles. The van der Waals surface area contributed by atoms with Crippen LogP contribution in [0.25, 0.3) is 0 Å². The van der Waals surface area contributed by atoms with E-state index in [2.05, 4.69) is 22.0 Å². The van der Waals surface area contributed by atoms with Gasteiger partial charge in [-0.1, -0.05) is 0 Å². The van der Waals surface area contributed by atoms with Gasteiger partial charge in [-0.05, 0) is 46.6 Å². The van der Waals surface area contributed by atoms with Crippen LogP contribution in [0.2, 0.25) is 0 Å². The largest absolute Gasteiger partial charge is 0.205 e. The molecule has 0 saturated heterocycles. The molecule has 0 amide bonds. The third-order valence-electron chi connectivity index (χ3n) is 1.07. The molecule has 0 aromatic heterocycles. The fourth-order valence-corrected chi connectivity index (χ4v) is 1.000. The minimum absolute atomic E-state index is 0.200. The molecule has 0 unspecified atom stereocenters. The highest BCUT2D eigenvalue weighted by Gasteiger charge is 1.98. The summed E-state index contributed by atoms with van der Waals surface area (Å²) in [5, 5.41) is 0. The van der Waals surface area contributed by atoms with Gasteiger partial charge in [0, 0.05) is 0 Å². The van der Waals surface area contributed by atoms with Gasteiger partial charge in [0.2, 0.25) is 0 Å². The predicted octanol–water partition coefficient (Wildman–Crippen LogP) is 2.70.